The first kappa shape index (κ1) is 21.0. The minimum atomic E-state index is -0.515. The van der Waals surface area contributed by atoms with Crippen molar-refractivity contribution in [3.63, 3.8) is 0 Å². The molecule has 0 radical (unpaired) electrons. The number of ether oxygens (including phenoxy) is 1. The second-order valence-corrected chi connectivity index (χ2v) is 7.12. The number of aromatic nitrogens is 1. The predicted octanol–water partition coefficient (Wildman–Crippen LogP) is 2.26. The van der Waals surface area contributed by atoms with Gasteiger partial charge >= 0.3 is 5.97 Å². The van der Waals surface area contributed by atoms with Gasteiger partial charge in [0.1, 0.15) is 11.7 Å². The van der Waals surface area contributed by atoms with Gasteiger partial charge in [0.05, 0.1) is 6.61 Å². The molecule has 1 atom stereocenters. The van der Waals surface area contributed by atoms with Gasteiger partial charge in [-0.2, -0.15) is 0 Å². The number of aryl methyl sites for hydroxylation is 1. The van der Waals surface area contributed by atoms with Crippen LogP contribution in [0.3, 0.4) is 0 Å². The van der Waals surface area contributed by atoms with Gasteiger partial charge in [-0.25, -0.2) is 4.79 Å². The number of nitrogens with one attached hydrogen (secondary N) is 2. The Labute approximate surface area is 160 Å². The van der Waals surface area contributed by atoms with E-state index < -0.39 is 6.04 Å². The highest BCUT2D eigenvalue weighted by Gasteiger charge is 2.24. The second kappa shape index (κ2) is 9.58. The van der Waals surface area contributed by atoms with Gasteiger partial charge in [0.2, 0.25) is 11.8 Å². The molecule has 27 heavy (non-hydrogen) atoms. The van der Waals surface area contributed by atoms with Crippen molar-refractivity contribution < 1.29 is 19.1 Å². The predicted molar refractivity (Wildman–Crippen MR) is 103 cm³/mol. The lowest BCUT2D eigenvalue weighted by atomic mass is 10.0. The Bertz CT molecular complexity index is 690. The molecular weight excluding hydrogens is 346 g/mol. The number of piperidine rings is 1. The molecule has 2 amide bonds. The van der Waals surface area contributed by atoms with Crippen molar-refractivity contribution in [2.24, 2.45) is 0 Å². The number of aromatic amines is 1. The number of esters is 1. The molecule has 0 spiro atoms. The molecule has 1 aliphatic rings. The molecule has 2 rings (SSSR count). The van der Waals surface area contributed by atoms with E-state index in [-0.39, 0.29) is 24.2 Å². The SMILES string of the molecule is CCOC(=O)c1[nH]c(C)c(CCC(=O)N[C@@H](C)C(=O)N2CCCCC2)c1C. The first-order valence-corrected chi connectivity index (χ1v) is 9.78. The van der Waals surface area contributed by atoms with Gasteiger partial charge < -0.3 is 19.9 Å². The van der Waals surface area contributed by atoms with Crippen molar-refractivity contribution >= 4 is 17.8 Å². The summed E-state index contributed by atoms with van der Waals surface area (Å²) in [5.41, 5.74) is 3.07. The van der Waals surface area contributed by atoms with E-state index in [2.05, 4.69) is 10.3 Å². The van der Waals surface area contributed by atoms with Crippen LogP contribution in [-0.2, 0) is 20.7 Å². The fraction of sp³-hybridized carbons (Fsp3) is 0.650. The van der Waals surface area contributed by atoms with Crippen LogP contribution in [0, 0.1) is 13.8 Å². The highest BCUT2D eigenvalue weighted by Crippen LogP contribution is 2.20. The largest absolute Gasteiger partial charge is 0.461 e. The third kappa shape index (κ3) is 5.34. The molecule has 0 aromatic carbocycles. The lowest BCUT2D eigenvalue weighted by Gasteiger charge is -2.29. The summed E-state index contributed by atoms with van der Waals surface area (Å²) in [4.78, 5) is 41.6. The zero-order valence-corrected chi connectivity index (χ0v) is 16.8. The smallest absolute Gasteiger partial charge is 0.355 e. The summed E-state index contributed by atoms with van der Waals surface area (Å²) in [5.74, 6) is -0.554. The molecular formula is C20H31N3O4. The summed E-state index contributed by atoms with van der Waals surface area (Å²) in [7, 11) is 0. The molecule has 1 aromatic rings. The van der Waals surface area contributed by atoms with E-state index in [0.717, 1.165) is 49.2 Å². The highest BCUT2D eigenvalue weighted by atomic mass is 16.5. The molecule has 2 heterocycles. The van der Waals surface area contributed by atoms with Gasteiger partial charge in [-0.15, -0.1) is 0 Å². The standard InChI is InChI=1S/C20H31N3O4/c1-5-27-20(26)18-13(2)16(14(3)22-18)9-10-17(24)21-15(4)19(25)23-11-7-6-8-12-23/h15,22H,5-12H2,1-4H3,(H,21,24)/t15-/m0/s1. The van der Waals surface area contributed by atoms with Crippen LogP contribution in [0.25, 0.3) is 0 Å². The monoisotopic (exact) mass is 377 g/mol. The zero-order valence-electron chi connectivity index (χ0n) is 16.8. The van der Waals surface area contributed by atoms with Crippen LogP contribution in [0.2, 0.25) is 0 Å². The minimum Gasteiger partial charge on any atom is -0.461 e. The van der Waals surface area contributed by atoms with Crippen molar-refractivity contribution in [3.05, 3.63) is 22.5 Å². The summed E-state index contributed by atoms with van der Waals surface area (Å²) in [6.07, 6.45) is 3.99. The van der Waals surface area contributed by atoms with Crippen LogP contribution < -0.4 is 5.32 Å². The number of carbonyl (C=O) groups is 3. The van der Waals surface area contributed by atoms with Gasteiger partial charge in [-0.3, -0.25) is 9.59 Å². The van der Waals surface area contributed by atoms with Gasteiger partial charge in [0.15, 0.2) is 0 Å². The molecule has 7 nitrogen and oxygen atoms in total. The lowest BCUT2D eigenvalue weighted by Crippen LogP contribution is -2.48. The molecule has 7 heteroatoms. The quantitative estimate of drug-likeness (QED) is 0.713. The average Bonchev–Trinajstić information content (AvgIpc) is 2.94. The molecule has 1 saturated heterocycles. The molecule has 0 unspecified atom stereocenters. The Morgan fingerprint density at radius 1 is 1.19 bits per heavy atom. The molecule has 1 fully saturated rings. The highest BCUT2D eigenvalue weighted by molar-refractivity contribution is 5.90. The fourth-order valence-corrected chi connectivity index (χ4v) is 3.57. The zero-order chi connectivity index (χ0) is 20.0. The Morgan fingerprint density at radius 2 is 1.85 bits per heavy atom. The molecule has 0 bridgehead atoms. The normalized spacial score (nSPS) is 15.3. The number of H-pyrrole nitrogens is 1. The van der Waals surface area contributed by atoms with Crippen LogP contribution in [0.1, 0.15) is 66.8 Å². The van der Waals surface area contributed by atoms with Crippen molar-refractivity contribution in [2.45, 2.75) is 65.8 Å². The Morgan fingerprint density at radius 3 is 2.48 bits per heavy atom. The average molecular weight is 377 g/mol. The van der Waals surface area contributed by atoms with E-state index in [0.29, 0.717) is 18.7 Å². The topological polar surface area (TPSA) is 91.5 Å². The number of hydrogen-bond donors (Lipinski definition) is 2. The summed E-state index contributed by atoms with van der Waals surface area (Å²) >= 11 is 0. The second-order valence-electron chi connectivity index (χ2n) is 7.12. The van der Waals surface area contributed by atoms with E-state index in [1.807, 2.05) is 18.7 Å². The third-order valence-electron chi connectivity index (χ3n) is 5.09. The Hall–Kier alpha value is -2.31. The van der Waals surface area contributed by atoms with E-state index in [4.69, 9.17) is 4.74 Å². The van der Waals surface area contributed by atoms with Crippen LogP contribution in [-0.4, -0.2) is 53.4 Å². The van der Waals surface area contributed by atoms with Gasteiger partial charge in [-0.05, 0) is 64.5 Å². The van der Waals surface area contributed by atoms with E-state index in [9.17, 15) is 14.4 Å². The first-order valence-electron chi connectivity index (χ1n) is 9.78. The number of hydrogen-bond acceptors (Lipinski definition) is 4. The van der Waals surface area contributed by atoms with Gasteiger partial charge in [-0.1, -0.05) is 0 Å². The number of nitrogens with zero attached hydrogens (tertiary/aromatic N) is 1. The van der Waals surface area contributed by atoms with Crippen LogP contribution >= 0.6 is 0 Å². The van der Waals surface area contributed by atoms with Crippen molar-refractivity contribution in [3.8, 4) is 0 Å². The Kier molecular flexibility index (Phi) is 7.45. The van der Waals surface area contributed by atoms with Crippen LogP contribution in [0.15, 0.2) is 0 Å². The molecule has 1 aromatic heterocycles. The Balaban J connectivity index is 1.89. The maximum atomic E-state index is 12.4. The fourth-order valence-electron chi connectivity index (χ4n) is 3.57. The van der Waals surface area contributed by atoms with Crippen LogP contribution in [0.5, 0.6) is 0 Å². The summed E-state index contributed by atoms with van der Waals surface area (Å²) < 4.78 is 5.05. The summed E-state index contributed by atoms with van der Waals surface area (Å²) in [6.45, 7) is 9.10. The van der Waals surface area contributed by atoms with Gasteiger partial charge in [0, 0.05) is 25.2 Å². The molecule has 0 aliphatic carbocycles. The maximum absolute atomic E-state index is 12.4. The lowest BCUT2D eigenvalue weighted by molar-refractivity contribution is -0.136. The first-order chi connectivity index (χ1) is 12.8. The number of carbonyl (C=O) groups excluding carboxylic acids is 3. The molecule has 150 valence electrons. The molecule has 2 N–H and O–H groups in total. The van der Waals surface area contributed by atoms with E-state index >= 15 is 0 Å². The number of likely N-dealkylation sites (tertiary alicyclic amines) is 1. The maximum Gasteiger partial charge on any atom is 0.355 e. The van der Waals surface area contributed by atoms with Crippen molar-refractivity contribution in [1.29, 1.82) is 0 Å². The molecule has 1 aliphatic heterocycles. The van der Waals surface area contributed by atoms with E-state index in [1.54, 1.807) is 13.8 Å². The summed E-state index contributed by atoms with van der Waals surface area (Å²) in [6, 6.07) is -0.515. The summed E-state index contributed by atoms with van der Waals surface area (Å²) in [5, 5.41) is 2.80. The number of rotatable bonds is 7. The van der Waals surface area contributed by atoms with Gasteiger partial charge in [0.25, 0.3) is 0 Å². The number of amides is 2. The minimum absolute atomic E-state index is 0.0124. The van der Waals surface area contributed by atoms with E-state index in [1.165, 1.54) is 0 Å². The van der Waals surface area contributed by atoms with Crippen molar-refractivity contribution in [2.75, 3.05) is 19.7 Å². The third-order valence-corrected chi connectivity index (χ3v) is 5.09. The molecule has 0 saturated carbocycles. The van der Waals surface area contributed by atoms with Crippen molar-refractivity contribution in [1.82, 2.24) is 15.2 Å². The van der Waals surface area contributed by atoms with Crippen LogP contribution in [0.4, 0.5) is 0 Å².